The Balaban J connectivity index is 1.88. The highest BCUT2D eigenvalue weighted by atomic mass is 32.2. The largest absolute Gasteiger partial charge is 0.289 e. The molecule has 1 fully saturated rings. The molecule has 0 radical (unpaired) electrons. The summed E-state index contributed by atoms with van der Waals surface area (Å²) in [6.45, 7) is 0. The SMILES string of the molecule is O=C(C[S+]1CCCC1)C1=CCCC=C1. The zero-order valence-electron chi connectivity index (χ0n) is 8.50. The van der Waals surface area contributed by atoms with Crippen LogP contribution in [0, 0.1) is 0 Å². The summed E-state index contributed by atoms with van der Waals surface area (Å²) in [5.41, 5.74) is 0.968. The fourth-order valence-electron chi connectivity index (χ4n) is 1.95. The molecule has 0 bridgehead atoms. The average molecular weight is 209 g/mol. The van der Waals surface area contributed by atoms with Crippen molar-refractivity contribution in [1.82, 2.24) is 0 Å². The van der Waals surface area contributed by atoms with Crippen LogP contribution in [0.15, 0.2) is 23.8 Å². The molecule has 0 saturated carbocycles. The molecule has 2 heteroatoms. The lowest BCUT2D eigenvalue weighted by Crippen LogP contribution is -2.19. The Hall–Kier alpha value is -0.500. The molecule has 0 aromatic heterocycles. The second-order valence-corrected chi connectivity index (χ2v) is 6.26. The molecule has 1 heterocycles. The second-order valence-electron chi connectivity index (χ2n) is 3.93. The Bertz CT molecular complexity index is 272. The van der Waals surface area contributed by atoms with Crippen LogP contribution in [0.5, 0.6) is 0 Å². The maximum absolute atomic E-state index is 11.8. The topological polar surface area (TPSA) is 17.1 Å². The van der Waals surface area contributed by atoms with Gasteiger partial charge in [0.05, 0.1) is 0 Å². The van der Waals surface area contributed by atoms with Gasteiger partial charge in [0, 0.05) is 5.57 Å². The van der Waals surface area contributed by atoms with Crippen LogP contribution < -0.4 is 0 Å². The third kappa shape index (κ3) is 2.50. The number of carbonyl (C=O) groups excluding carboxylic acids is 1. The van der Waals surface area contributed by atoms with E-state index < -0.39 is 0 Å². The monoisotopic (exact) mass is 209 g/mol. The fraction of sp³-hybridized carbons (Fsp3) is 0.583. The summed E-state index contributed by atoms with van der Waals surface area (Å²) in [6.07, 6.45) is 11.0. The van der Waals surface area contributed by atoms with Crippen LogP contribution in [0.4, 0.5) is 0 Å². The highest BCUT2D eigenvalue weighted by Crippen LogP contribution is 2.17. The van der Waals surface area contributed by atoms with E-state index in [1.54, 1.807) is 0 Å². The van der Waals surface area contributed by atoms with Gasteiger partial charge < -0.3 is 0 Å². The Morgan fingerprint density at radius 1 is 1.29 bits per heavy atom. The lowest BCUT2D eigenvalue weighted by molar-refractivity contribution is -0.113. The van der Waals surface area contributed by atoms with Gasteiger partial charge in [-0.2, -0.15) is 0 Å². The van der Waals surface area contributed by atoms with E-state index in [1.807, 2.05) is 6.08 Å². The van der Waals surface area contributed by atoms with E-state index in [9.17, 15) is 4.79 Å². The van der Waals surface area contributed by atoms with Crippen LogP contribution in [0.3, 0.4) is 0 Å². The zero-order chi connectivity index (χ0) is 9.80. The van der Waals surface area contributed by atoms with Crippen LogP contribution in [0.1, 0.15) is 25.7 Å². The number of hydrogen-bond donors (Lipinski definition) is 0. The molecule has 0 spiro atoms. The number of hydrogen-bond acceptors (Lipinski definition) is 1. The second kappa shape index (κ2) is 4.83. The van der Waals surface area contributed by atoms with Crippen molar-refractivity contribution in [2.45, 2.75) is 25.7 Å². The first kappa shape index (κ1) is 10.0. The molecule has 1 nitrogen and oxygen atoms in total. The van der Waals surface area contributed by atoms with Gasteiger partial charge in [-0.1, -0.05) is 18.2 Å². The van der Waals surface area contributed by atoms with Crippen molar-refractivity contribution in [2.24, 2.45) is 0 Å². The molecule has 2 aliphatic rings. The summed E-state index contributed by atoms with van der Waals surface area (Å²) >= 11 is 0. The van der Waals surface area contributed by atoms with Crippen LogP contribution in [0.2, 0.25) is 0 Å². The maximum atomic E-state index is 11.8. The molecule has 1 aliphatic heterocycles. The van der Waals surface area contributed by atoms with Gasteiger partial charge in [0.15, 0.2) is 5.75 Å². The van der Waals surface area contributed by atoms with Crippen molar-refractivity contribution in [3.05, 3.63) is 23.8 Å². The Morgan fingerprint density at radius 3 is 2.71 bits per heavy atom. The first-order chi connectivity index (χ1) is 6.86. The predicted molar refractivity (Wildman–Crippen MR) is 62.7 cm³/mol. The molecule has 0 atom stereocenters. The summed E-state index contributed by atoms with van der Waals surface area (Å²) in [4.78, 5) is 11.8. The van der Waals surface area contributed by atoms with Gasteiger partial charge in [-0.05, 0) is 36.6 Å². The highest BCUT2D eigenvalue weighted by molar-refractivity contribution is 7.97. The number of ketones is 1. The average Bonchev–Trinajstić information content (AvgIpc) is 2.72. The molecule has 0 amide bonds. The Labute approximate surface area is 88.6 Å². The van der Waals surface area contributed by atoms with Crippen molar-refractivity contribution in [2.75, 3.05) is 17.3 Å². The highest BCUT2D eigenvalue weighted by Gasteiger charge is 2.27. The van der Waals surface area contributed by atoms with E-state index in [2.05, 4.69) is 12.2 Å². The molecule has 1 saturated heterocycles. The van der Waals surface area contributed by atoms with Crippen LogP contribution in [-0.2, 0) is 15.7 Å². The number of Topliss-reactive ketones (excluding diaryl/α,β-unsaturated/α-hetero) is 1. The molecule has 0 N–H and O–H groups in total. The van der Waals surface area contributed by atoms with E-state index in [4.69, 9.17) is 0 Å². The van der Waals surface area contributed by atoms with E-state index in [0.29, 0.717) is 16.7 Å². The predicted octanol–water partition coefficient (Wildman–Crippen LogP) is 2.24. The van der Waals surface area contributed by atoms with Gasteiger partial charge in [-0.25, -0.2) is 0 Å². The van der Waals surface area contributed by atoms with Gasteiger partial charge in [0.1, 0.15) is 11.5 Å². The maximum Gasteiger partial charge on any atom is 0.211 e. The molecular formula is C12H17OS+. The van der Waals surface area contributed by atoms with E-state index in [0.717, 1.165) is 24.2 Å². The normalized spacial score (nSPS) is 22.4. The molecule has 1 aliphatic carbocycles. The van der Waals surface area contributed by atoms with Gasteiger partial charge in [-0.3, -0.25) is 4.79 Å². The molecule has 0 unspecified atom stereocenters. The number of carbonyl (C=O) groups is 1. The van der Waals surface area contributed by atoms with Crippen molar-refractivity contribution in [3.8, 4) is 0 Å². The Kier molecular flexibility index (Phi) is 3.46. The summed E-state index contributed by atoms with van der Waals surface area (Å²) in [5.74, 6) is 3.79. The molecular weight excluding hydrogens is 192 g/mol. The smallest absolute Gasteiger partial charge is 0.211 e. The van der Waals surface area contributed by atoms with E-state index in [1.165, 1.54) is 24.3 Å². The first-order valence-corrected chi connectivity index (χ1v) is 7.13. The summed E-state index contributed by atoms with van der Waals surface area (Å²) < 4.78 is 0. The standard InChI is InChI=1S/C12H17OS/c13-12(10-14-8-4-5-9-14)11-6-2-1-3-7-11/h2,6-7H,1,3-5,8-10H2/q+1. The first-order valence-electron chi connectivity index (χ1n) is 5.40. The van der Waals surface area contributed by atoms with Crippen molar-refractivity contribution in [3.63, 3.8) is 0 Å². The lowest BCUT2D eigenvalue weighted by atomic mass is 10.0. The molecule has 0 aromatic rings. The van der Waals surface area contributed by atoms with E-state index >= 15 is 0 Å². The van der Waals surface area contributed by atoms with Crippen LogP contribution in [-0.4, -0.2) is 23.0 Å². The fourth-order valence-corrected chi connectivity index (χ4v) is 4.20. The molecule has 14 heavy (non-hydrogen) atoms. The third-order valence-electron chi connectivity index (χ3n) is 2.77. The van der Waals surface area contributed by atoms with Gasteiger partial charge in [0.2, 0.25) is 5.78 Å². The minimum absolute atomic E-state index is 0.381. The molecule has 76 valence electrons. The minimum Gasteiger partial charge on any atom is -0.289 e. The molecule has 2 rings (SSSR count). The Morgan fingerprint density at radius 2 is 2.07 bits per heavy atom. The number of allylic oxidation sites excluding steroid dienone is 4. The van der Waals surface area contributed by atoms with Crippen LogP contribution in [0.25, 0.3) is 0 Å². The summed E-state index contributed by atoms with van der Waals surface area (Å²) in [6, 6.07) is 0. The van der Waals surface area contributed by atoms with Gasteiger partial charge >= 0.3 is 0 Å². The zero-order valence-corrected chi connectivity index (χ0v) is 9.31. The van der Waals surface area contributed by atoms with Crippen molar-refractivity contribution in [1.29, 1.82) is 0 Å². The van der Waals surface area contributed by atoms with Gasteiger partial charge in [-0.15, -0.1) is 0 Å². The van der Waals surface area contributed by atoms with E-state index in [-0.39, 0.29) is 0 Å². The number of rotatable bonds is 3. The lowest BCUT2D eigenvalue weighted by Gasteiger charge is -2.05. The molecule has 0 aromatic carbocycles. The van der Waals surface area contributed by atoms with Crippen molar-refractivity contribution < 1.29 is 4.79 Å². The summed E-state index contributed by atoms with van der Waals surface area (Å²) in [5, 5.41) is 0. The van der Waals surface area contributed by atoms with Gasteiger partial charge in [0.25, 0.3) is 0 Å². The quantitative estimate of drug-likeness (QED) is 0.652. The summed E-state index contributed by atoms with van der Waals surface area (Å²) in [7, 11) is 0.417. The minimum atomic E-state index is 0.381. The third-order valence-corrected chi connectivity index (χ3v) is 5.17. The van der Waals surface area contributed by atoms with Crippen LogP contribution >= 0.6 is 0 Å². The van der Waals surface area contributed by atoms with Crippen molar-refractivity contribution >= 4 is 16.7 Å².